The molecule has 1 saturated heterocycles. The van der Waals surface area contributed by atoms with Gasteiger partial charge in [0, 0.05) is 44.2 Å². The highest BCUT2D eigenvalue weighted by atomic mass is 16.1. The maximum absolute atomic E-state index is 12.4. The second-order valence-corrected chi connectivity index (χ2v) is 7.44. The Kier molecular flexibility index (Phi) is 7.35. The van der Waals surface area contributed by atoms with Crippen molar-refractivity contribution in [1.82, 2.24) is 15.1 Å². The number of likely N-dealkylation sites (N-methyl/N-ethyl adjacent to an activating group) is 1. The van der Waals surface area contributed by atoms with Gasteiger partial charge >= 0.3 is 0 Å². The SMILES string of the molecule is CCC(CC)C(=O)NCC1(N2CCN(CC)CC2)CCCCC1. The quantitative estimate of drug-likeness (QED) is 0.782. The van der Waals surface area contributed by atoms with Gasteiger partial charge in [-0.25, -0.2) is 0 Å². The first-order chi connectivity index (χ1) is 11.1. The Bertz CT molecular complexity index is 354. The van der Waals surface area contributed by atoms with Gasteiger partial charge < -0.3 is 10.2 Å². The number of nitrogens with one attached hydrogen (secondary N) is 1. The fourth-order valence-electron chi connectivity index (χ4n) is 4.41. The fraction of sp³-hybridized carbons (Fsp3) is 0.947. The van der Waals surface area contributed by atoms with E-state index in [-0.39, 0.29) is 17.4 Å². The summed E-state index contributed by atoms with van der Waals surface area (Å²) >= 11 is 0. The van der Waals surface area contributed by atoms with Crippen LogP contribution in [0.1, 0.15) is 65.7 Å². The van der Waals surface area contributed by atoms with Gasteiger partial charge in [0.2, 0.25) is 5.91 Å². The monoisotopic (exact) mass is 323 g/mol. The minimum atomic E-state index is 0.188. The first-order valence-corrected chi connectivity index (χ1v) is 9.90. The fourth-order valence-corrected chi connectivity index (χ4v) is 4.41. The Labute approximate surface area is 143 Å². The van der Waals surface area contributed by atoms with E-state index in [1.165, 1.54) is 45.2 Å². The summed E-state index contributed by atoms with van der Waals surface area (Å²) in [5.41, 5.74) is 0.222. The van der Waals surface area contributed by atoms with Crippen LogP contribution in [0.2, 0.25) is 0 Å². The van der Waals surface area contributed by atoms with E-state index in [1.54, 1.807) is 0 Å². The summed E-state index contributed by atoms with van der Waals surface area (Å²) < 4.78 is 0. The molecular formula is C19H37N3O. The summed E-state index contributed by atoms with van der Waals surface area (Å²) in [5, 5.41) is 3.32. The smallest absolute Gasteiger partial charge is 0.223 e. The number of amides is 1. The van der Waals surface area contributed by atoms with Gasteiger partial charge in [0.1, 0.15) is 0 Å². The molecule has 1 heterocycles. The molecular weight excluding hydrogens is 286 g/mol. The van der Waals surface area contributed by atoms with Crippen molar-refractivity contribution in [3.05, 3.63) is 0 Å². The number of piperazine rings is 1. The van der Waals surface area contributed by atoms with Gasteiger partial charge in [-0.3, -0.25) is 9.69 Å². The average molecular weight is 324 g/mol. The van der Waals surface area contributed by atoms with E-state index < -0.39 is 0 Å². The molecule has 1 amide bonds. The second-order valence-electron chi connectivity index (χ2n) is 7.44. The molecule has 0 unspecified atom stereocenters. The first-order valence-electron chi connectivity index (χ1n) is 9.90. The van der Waals surface area contributed by atoms with Crippen LogP contribution in [-0.4, -0.2) is 60.5 Å². The lowest BCUT2D eigenvalue weighted by Crippen LogP contribution is -2.62. The van der Waals surface area contributed by atoms with Gasteiger partial charge in [-0.05, 0) is 32.2 Å². The minimum absolute atomic E-state index is 0.188. The number of rotatable bonds is 7. The third-order valence-electron chi connectivity index (χ3n) is 6.22. The van der Waals surface area contributed by atoms with E-state index in [0.29, 0.717) is 0 Å². The highest BCUT2D eigenvalue weighted by Crippen LogP contribution is 2.34. The third kappa shape index (κ3) is 4.69. The molecule has 2 fully saturated rings. The molecule has 2 aliphatic rings. The maximum Gasteiger partial charge on any atom is 0.223 e. The highest BCUT2D eigenvalue weighted by Gasteiger charge is 2.39. The van der Waals surface area contributed by atoms with E-state index in [0.717, 1.165) is 39.0 Å². The van der Waals surface area contributed by atoms with E-state index >= 15 is 0 Å². The van der Waals surface area contributed by atoms with Crippen LogP contribution in [0.3, 0.4) is 0 Å². The Balaban J connectivity index is 1.97. The molecule has 0 aromatic rings. The van der Waals surface area contributed by atoms with E-state index in [4.69, 9.17) is 0 Å². The topological polar surface area (TPSA) is 35.6 Å². The van der Waals surface area contributed by atoms with Gasteiger partial charge in [0.05, 0.1) is 0 Å². The lowest BCUT2D eigenvalue weighted by Gasteiger charge is -2.50. The van der Waals surface area contributed by atoms with Crippen molar-refractivity contribution in [2.45, 2.75) is 71.3 Å². The Hall–Kier alpha value is -0.610. The van der Waals surface area contributed by atoms with Gasteiger partial charge in [-0.15, -0.1) is 0 Å². The number of hydrogen-bond donors (Lipinski definition) is 1. The lowest BCUT2D eigenvalue weighted by molar-refractivity contribution is -0.126. The van der Waals surface area contributed by atoms with Crippen molar-refractivity contribution < 1.29 is 4.79 Å². The molecule has 2 rings (SSSR count). The molecule has 4 heteroatoms. The zero-order valence-electron chi connectivity index (χ0n) is 15.6. The molecule has 0 atom stereocenters. The van der Waals surface area contributed by atoms with E-state index in [2.05, 4.69) is 35.9 Å². The van der Waals surface area contributed by atoms with Crippen molar-refractivity contribution in [2.75, 3.05) is 39.3 Å². The maximum atomic E-state index is 12.4. The summed E-state index contributed by atoms with van der Waals surface area (Å²) in [6, 6.07) is 0. The van der Waals surface area contributed by atoms with Crippen molar-refractivity contribution in [2.24, 2.45) is 5.92 Å². The third-order valence-corrected chi connectivity index (χ3v) is 6.22. The van der Waals surface area contributed by atoms with Crippen molar-refractivity contribution in [1.29, 1.82) is 0 Å². The Morgan fingerprint density at radius 2 is 1.61 bits per heavy atom. The highest BCUT2D eigenvalue weighted by molar-refractivity contribution is 5.78. The number of nitrogens with zero attached hydrogens (tertiary/aromatic N) is 2. The number of carbonyl (C=O) groups excluding carboxylic acids is 1. The molecule has 4 nitrogen and oxygen atoms in total. The van der Waals surface area contributed by atoms with Crippen LogP contribution in [0.5, 0.6) is 0 Å². The Morgan fingerprint density at radius 3 is 2.13 bits per heavy atom. The lowest BCUT2D eigenvalue weighted by atomic mass is 9.79. The van der Waals surface area contributed by atoms with Gasteiger partial charge in [-0.1, -0.05) is 40.0 Å². The molecule has 1 aliphatic heterocycles. The van der Waals surface area contributed by atoms with Crippen LogP contribution in [0.15, 0.2) is 0 Å². The van der Waals surface area contributed by atoms with Crippen LogP contribution in [-0.2, 0) is 4.79 Å². The van der Waals surface area contributed by atoms with Crippen molar-refractivity contribution in [3.8, 4) is 0 Å². The molecule has 0 radical (unpaired) electrons. The number of carbonyl (C=O) groups is 1. The van der Waals surface area contributed by atoms with Crippen LogP contribution in [0, 0.1) is 5.92 Å². The molecule has 0 aromatic carbocycles. The van der Waals surface area contributed by atoms with Crippen molar-refractivity contribution >= 4 is 5.91 Å². The second kappa shape index (κ2) is 9.03. The average Bonchev–Trinajstić information content (AvgIpc) is 2.62. The summed E-state index contributed by atoms with van der Waals surface area (Å²) in [5.74, 6) is 0.458. The van der Waals surface area contributed by atoms with Gasteiger partial charge in [0.25, 0.3) is 0 Å². The van der Waals surface area contributed by atoms with Crippen LogP contribution in [0.4, 0.5) is 0 Å². The molecule has 1 N–H and O–H groups in total. The summed E-state index contributed by atoms with van der Waals surface area (Å²) in [7, 11) is 0. The number of hydrogen-bond acceptors (Lipinski definition) is 3. The molecule has 1 aliphatic carbocycles. The molecule has 134 valence electrons. The van der Waals surface area contributed by atoms with Crippen LogP contribution in [0.25, 0.3) is 0 Å². The Morgan fingerprint density at radius 1 is 1.00 bits per heavy atom. The normalized spacial score (nSPS) is 23.1. The molecule has 0 bridgehead atoms. The molecule has 23 heavy (non-hydrogen) atoms. The largest absolute Gasteiger partial charge is 0.354 e. The first kappa shape index (κ1) is 18.7. The van der Waals surface area contributed by atoms with Crippen molar-refractivity contribution in [3.63, 3.8) is 0 Å². The van der Waals surface area contributed by atoms with Gasteiger partial charge in [0.15, 0.2) is 0 Å². The summed E-state index contributed by atoms with van der Waals surface area (Å²) in [4.78, 5) is 17.7. The predicted octanol–water partition coefficient (Wildman–Crippen LogP) is 2.88. The summed E-state index contributed by atoms with van der Waals surface area (Å²) in [6.45, 7) is 13.2. The molecule has 0 spiro atoms. The standard InChI is InChI=1S/C19H37N3O/c1-4-17(5-2)18(23)20-16-19(10-8-7-9-11-19)22-14-12-21(6-3)13-15-22/h17H,4-16H2,1-3H3,(H,20,23). The molecule has 0 aromatic heterocycles. The van der Waals surface area contributed by atoms with Gasteiger partial charge in [-0.2, -0.15) is 0 Å². The zero-order valence-corrected chi connectivity index (χ0v) is 15.6. The van der Waals surface area contributed by atoms with Crippen LogP contribution >= 0.6 is 0 Å². The summed E-state index contributed by atoms with van der Waals surface area (Å²) in [6.07, 6.45) is 8.39. The predicted molar refractivity (Wildman–Crippen MR) is 96.6 cm³/mol. The minimum Gasteiger partial charge on any atom is -0.354 e. The molecule has 1 saturated carbocycles. The zero-order chi connectivity index (χ0) is 16.7. The van der Waals surface area contributed by atoms with E-state index in [9.17, 15) is 4.79 Å². The van der Waals surface area contributed by atoms with Crippen LogP contribution < -0.4 is 5.32 Å². The van der Waals surface area contributed by atoms with E-state index in [1.807, 2.05) is 0 Å².